The molecule has 7 nitrogen and oxygen atoms in total. The van der Waals surface area contributed by atoms with E-state index in [1.54, 1.807) is 36.5 Å². The molecule has 40 heavy (non-hydrogen) atoms. The molecule has 0 saturated heterocycles. The van der Waals surface area contributed by atoms with Gasteiger partial charge < -0.3 is 10.6 Å². The monoisotopic (exact) mass is 544 g/mol. The Kier molecular flexibility index (Phi) is 10.00. The summed E-state index contributed by atoms with van der Waals surface area (Å²) in [6, 6.07) is 15.7. The van der Waals surface area contributed by atoms with E-state index in [4.69, 9.17) is 0 Å². The highest BCUT2D eigenvalue weighted by Gasteiger charge is 2.34. The number of anilines is 2. The summed E-state index contributed by atoms with van der Waals surface area (Å²) >= 11 is 0. The van der Waals surface area contributed by atoms with E-state index in [0.717, 1.165) is 43.2 Å². The van der Waals surface area contributed by atoms with Crippen LogP contribution in [0.2, 0.25) is 0 Å². The van der Waals surface area contributed by atoms with Crippen LogP contribution in [0.25, 0.3) is 0 Å². The zero-order valence-electron chi connectivity index (χ0n) is 23.2. The van der Waals surface area contributed by atoms with Gasteiger partial charge in [-0.3, -0.25) is 19.3 Å². The number of amides is 3. The summed E-state index contributed by atoms with van der Waals surface area (Å²) < 4.78 is 13.9. The Balaban J connectivity index is 1.60. The van der Waals surface area contributed by atoms with Crippen LogP contribution in [-0.4, -0.2) is 28.7 Å². The normalized spacial score (nSPS) is 14.3. The molecule has 2 N–H and O–H groups in total. The van der Waals surface area contributed by atoms with Gasteiger partial charge >= 0.3 is 0 Å². The van der Waals surface area contributed by atoms with E-state index >= 15 is 0 Å². The van der Waals surface area contributed by atoms with Crippen LogP contribution in [-0.2, 0) is 14.4 Å². The molecule has 8 heteroatoms. The van der Waals surface area contributed by atoms with Gasteiger partial charge in [0, 0.05) is 30.8 Å². The Morgan fingerprint density at radius 3 is 2.40 bits per heavy atom. The molecule has 0 bridgehead atoms. The van der Waals surface area contributed by atoms with Crippen molar-refractivity contribution < 1.29 is 18.8 Å². The van der Waals surface area contributed by atoms with Gasteiger partial charge in [0.1, 0.15) is 17.7 Å². The van der Waals surface area contributed by atoms with Crippen LogP contribution in [0.5, 0.6) is 0 Å². The lowest BCUT2D eigenvalue weighted by Gasteiger charge is -2.34. The SMILES string of the molecule is Cc1ccc(N(C(=O)CCCC(=O)Nc2ccccn2)[C@@H](C(=O)NC2CCCCC2)c2ccc(F)cc2)c(C)c1. The minimum Gasteiger partial charge on any atom is -0.351 e. The van der Waals surface area contributed by atoms with Crippen LogP contribution in [0.15, 0.2) is 66.9 Å². The van der Waals surface area contributed by atoms with Crippen molar-refractivity contribution >= 4 is 29.2 Å². The third kappa shape index (κ3) is 7.74. The van der Waals surface area contributed by atoms with Crippen molar-refractivity contribution in [1.82, 2.24) is 10.3 Å². The number of aryl methyl sites for hydroxylation is 2. The van der Waals surface area contributed by atoms with Gasteiger partial charge in [-0.15, -0.1) is 0 Å². The third-order valence-electron chi connectivity index (χ3n) is 7.25. The van der Waals surface area contributed by atoms with Crippen molar-refractivity contribution in [2.24, 2.45) is 0 Å². The lowest BCUT2D eigenvalue weighted by atomic mass is 9.94. The summed E-state index contributed by atoms with van der Waals surface area (Å²) in [7, 11) is 0. The summed E-state index contributed by atoms with van der Waals surface area (Å²) in [5.41, 5.74) is 3.02. The molecular weight excluding hydrogens is 507 g/mol. The first kappa shape index (κ1) is 28.9. The van der Waals surface area contributed by atoms with Crippen LogP contribution in [0, 0.1) is 19.7 Å². The number of carbonyl (C=O) groups excluding carboxylic acids is 3. The summed E-state index contributed by atoms with van der Waals surface area (Å²) in [5.74, 6) is -0.787. The first-order chi connectivity index (χ1) is 19.3. The van der Waals surface area contributed by atoms with E-state index in [1.807, 2.05) is 32.0 Å². The number of nitrogens with one attached hydrogen (secondary N) is 2. The second-order valence-corrected chi connectivity index (χ2v) is 10.5. The highest BCUT2D eigenvalue weighted by molar-refractivity contribution is 6.02. The molecule has 1 aliphatic carbocycles. The Morgan fingerprint density at radius 1 is 0.975 bits per heavy atom. The highest BCUT2D eigenvalue weighted by atomic mass is 19.1. The lowest BCUT2D eigenvalue weighted by molar-refractivity contribution is -0.127. The molecule has 3 aromatic rings. The highest BCUT2D eigenvalue weighted by Crippen LogP contribution is 2.33. The van der Waals surface area contributed by atoms with E-state index < -0.39 is 11.9 Å². The topological polar surface area (TPSA) is 91.4 Å². The van der Waals surface area contributed by atoms with Gasteiger partial charge in [-0.05, 0) is 74.6 Å². The number of hydrogen-bond acceptors (Lipinski definition) is 4. The smallest absolute Gasteiger partial charge is 0.248 e. The molecule has 1 saturated carbocycles. The van der Waals surface area contributed by atoms with Gasteiger partial charge in [0.15, 0.2) is 0 Å². The van der Waals surface area contributed by atoms with E-state index in [0.29, 0.717) is 23.5 Å². The number of pyridine rings is 1. The quantitative estimate of drug-likeness (QED) is 0.319. The zero-order chi connectivity index (χ0) is 28.5. The van der Waals surface area contributed by atoms with E-state index in [1.165, 1.54) is 17.0 Å². The van der Waals surface area contributed by atoms with Crippen LogP contribution in [0.1, 0.15) is 74.1 Å². The zero-order valence-corrected chi connectivity index (χ0v) is 23.2. The number of benzene rings is 2. The summed E-state index contributed by atoms with van der Waals surface area (Å²) in [4.78, 5) is 45.9. The first-order valence-electron chi connectivity index (χ1n) is 14.0. The molecule has 4 rings (SSSR count). The fourth-order valence-electron chi connectivity index (χ4n) is 5.25. The fraction of sp³-hybridized carbons (Fsp3) is 0.375. The van der Waals surface area contributed by atoms with Crippen molar-refractivity contribution in [1.29, 1.82) is 0 Å². The van der Waals surface area contributed by atoms with Crippen LogP contribution < -0.4 is 15.5 Å². The Hall–Kier alpha value is -4.07. The predicted molar refractivity (Wildman–Crippen MR) is 154 cm³/mol. The summed E-state index contributed by atoms with van der Waals surface area (Å²) in [6.45, 7) is 3.88. The number of hydrogen-bond donors (Lipinski definition) is 2. The van der Waals surface area contributed by atoms with E-state index in [9.17, 15) is 18.8 Å². The molecule has 1 aromatic heterocycles. The molecule has 2 aromatic carbocycles. The molecule has 3 amide bonds. The maximum absolute atomic E-state index is 13.9. The average Bonchev–Trinajstić information content (AvgIpc) is 2.94. The molecule has 0 spiro atoms. The van der Waals surface area contributed by atoms with Gasteiger partial charge in [-0.1, -0.05) is 55.2 Å². The molecule has 0 aliphatic heterocycles. The first-order valence-corrected chi connectivity index (χ1v) is 14.0. The lowest BCUT2D eigenvalue weighted by Crippen LogP contribution is -2.47. The molecule has 0 radical (unpaired) electrons. The maximum Gasteiger partial charge on any atom is 0.248 e. The molecule has 1 fully saturated rings. The predicted octanol–water partition coefficient (Wildman–Crippen LogP) is 6.17. The van der Waals surface area contributed by atoms with Gasteiger partial charge in [-0.25, -0.2) is 9.37 Å². The van der Waals surface area contributed by atoms with Crippen molar-refractivity contribution in [3.63, 3.8) is 0 Å². The van der Waals surface area contributed by atoms with Crippen LogP contribution in [0.4, 0.5) is 15.9 Å². The van der Waals surface area contributed by atoms with Gasteiger partial charge in [-0.2, -0.15) is 0 Å². The van der Waals surface area contributed by atoms with Crippen molar-refractivity contribution in [2.45, 2.75) is 77.3 Å². The number of rotatable bonds is 10. The Morgan fingerprint density at radius 2 is 1.73 bits per heavy atom. The van der Waals surface area contributed by atoms with Crippen molar-refractivity contribution in [3.05, 3.63) is 89.4 Å². The molecule has 1 heterocycles. The maximum atomic E-state index is 13.9. The van der Waals surface area contributed by atoms with Crippen molar-refractivity contribution in [3.8, 4) is 0 Å². The number of aromatic nitrogens is 1. The van der Waals surface area contributed by atoms with E-state index in [-0.39, 0.29) is 36.6 Å². The molecule has 210 valence electrons. The number of carbonyl (C=O) groups is 3. The number of nitrogens with zero attached hydrogens (tertiary/aromatic N) is 2. The largest absolute Gasteiger partial charge is 0.351 e. The van der Waals surface area contributed by atoms with E-state index in [2.05, 4.69) is 15.6 Å². The second kappa shape index (κ2) is 13.8. The minimum absolute atomic E-state index is 0.0376. The third-order valence-corrected chi connectivity index (χ3v) is 7.25. The summed E-state index contributed by atoms with van der Waals surface area (Å²) in [5, 5.41) is 5.91. The Bertz CT molecular complexity index is 1310. The van der Waals surface area contributed by atoms with Crippen LogP contribution >= 0.6 is 0 Å². The molecule has 1 atom stereocenters. The van der Waals surface area contributed by atoms with Gasteiger partial charge in [0.05, 0.1) is 0 Å². The second-order valence-electron chi connectivity index (χ2n) is 10.5. The standard InChI is InChI=1S/C32H37FN4O3/c1-22-14-19-27(23(2)21-22)37(30(39)13-8-12-29(38)36-28-11-6-7-20-34-28)31(24-15-17-25(33)18-16-24)32(40)35-26-9-4-3-5-10-26/h6-7,11,14-21,26,31H,3-5,8-10,12-13H2,1-2H3,(H,35,40)(H,34,36,38)/t31-/m1/s1. The minimum atomic E-state index is -0.987. The fourth-order valence-corrected chi connectivity index (χ4v) is 5.25. The van der Waals surface area contributed by atoms with Crippen molar-refractivity contribution in [2.75, 3.05) is 10.2 Å². The average molecular weight is 545 g/mol. The van der Waals surface area contributed by atoms with Gasteiger partial charge in [0.25, 0.3) is 0 Å². The number of halogens is 1. The Labute approximate surface area is 235 Å². The summed E-state index contributed by atoms with van der Waals surface area (Å²) in [6.07, 6.45) is 7.09. The molecule has 1 aliphatic rings. The van der Waals surface area contributed by atoms with Crippen LogP contribution in [0.3, 0.4) is 0 Å². The van der Waals surface area contributed by atoms with Gasteiger partial charge in [0.2, 0.25) is 17.7 Å². The molecule has 0 unspecified atom stereocenters. The molecular formula is C32H37FN4O3.